The number of ether oxygens (including phenoxy) is 4. The molecule has 0 radical (unpaired) electrons. The molecule has 7 nitrogen and oxygen atoms in total. The Kier molecular flexibility index (Phi) is 7.12. The molecule has 2 heterocycles. The van der Waals surface area contributed by atoms with E-state index in [0.717, 1.165) is 22.7 Å². The van der Waals surface area contributed by atoms with Crippen LogP contribution in [0.5, 0.6) is 17.2 Å². The molecule has 0 N–H and O–H groups in total. The average molecular weight is 484 g/mol. The number of hydrogen-bond donors (Lipinski definition) is 0. The van der Waals surface area contributed by atoms with Crippen molar-refractivity contribution in [2.75, 3.05) is 19.8 Å². The number of aryl methyl sites for hydroxylation is 2. The van der Waals surface area contributed by atoms with Crippen LogP contribution in [0.1, 0.15) is 27.3 Å². The fourth-order valence-electron chi connectivity index (χ4n) is 3.90. The van der Waals surface area contributed by atoms with E-state index in [1.54, 1.807) is 24.3 Å². The van der Waals surface area contributed by atoms with E-state index in [9.17, 15) is 9.59 Å². The van der Waals surface area contributed by atoms with Gasteiger partial charge in [0.15, 0.2) is 30.8 Å². The maximum atomic E-state index is 12.8. The first-order valence-electron chi connectivity index (χ1n) is 10.9. The summed E-state index contributed by atoms with van der Waals surface area (Å²) in [5.41, 5.74) is 3.02. The Balaban J connectivity index is 1.32. The van der Waals surface area contributed by atoms with Gasteiger partial charge in [-0.25, -0.2) is 4.79 Å². The molecule has 0 spiro atoms. The number of rotatable bonds is 8. The predicted octanol–water partition coefficient (Wildman–Crippen LogP) is 4.71. The Bertz CT molecular complexity index is 1220. The summed E-state index contributed by atoms with van der Waals surface area (Å²) in [6.45, 7) is 5.92. The minimum absolute atomic E-state index is 0.186. The Morgan fingerprint density at radius 3 is 2.59 bits per heavy atom. The third-order valence-corrected chi connectivity index (χ3v) is 5.91. The van der Waals surface area contributed by atoms with E-state index < -0.39 is 5.97 Å². The first-order valence-corrected chi connectivity index (χ1v) is 11.3. The smallest absolute Gasteiger partial charge is 0.344 e. The van der Waals surface area contributed by atoms with E-state index in [0.29, 0.717) is 35.2 Å². The van der Waals surface area contributed by atoms with Crippen LogP contribution in [0.4, 0.5) is 0 Å². The summed E-state index contributed by atoms with van der Waals surface area (Å²) in [5, 5.41) is 0.586. The van der Waals surface area contributed by atoms with Crippen LogP contribution in [0.3, 0.4) is 0 Å². The second-order valence-electron chi connectivity index (χ2n) is 8.18. The van der Waals surface area contributed by atoms with Crippen LogP contribution in [0.15, 0.2) is 48.5 Å². The van der Waals surface area contributed by atoms with Crippen LogP contribution in [-0.2, 0) is 16.1 Å². The molecule has 3 aromatic rings. The van der Waals surface area contributed by atoms with Gasteiger partial charge < -0.3 is 23.5 Å². The number of halogens is 1. The molecule has 4 rings (SSSR count). The first kappa shape index (κ1) is 23.7. The molecule has 34 heavy (non-hydrogen) atoms. The van der Waals surface area contributed by atoms with Gasteiger partial charge in [-0.2, -0.15) is 0 Å². The van der Waals surface area contributed by atoms with Crippen LogP contribution >= 0.6 is 11.6 Å². The fourth-order valence-corrected chi connectivity index (χ4v) is 4.12. The van der Waals surface area contributed by atoms with Crippen molar-refractivity contribution in [3.63, 3.8) is 0 Å². The number of benzene rings is 2. The third-order valence-electron chi connectivity index (χ3n) is 5.67. The maximum absolute atomic E-state index is 12.8. The number of carbonyl (C=O) groups excluding carboxylic acids is 2. The van der Waals surface area contributed by atoms with Crippen LogP contribution in [0.25, 0.3) is 0 Å². The molecule has 0 fully saturated rings. The largest absolute Gasteiger partial charge is 0.486 e. The molecule has 8 heteroatoms. The maximum Gasteiger partial charge on any atom is 0.344 e. The Hall–Kier alpha value is -3.45. The van der Waals surface area contributed by atoms with Crippen molar-refractivity contribution in [2.45, 2.75) is 33.4 Å². The van der Waals surface area contributed by atoms with Crippen LogP contribution in [-0.4, -0.2) is 42.2 Å². The standard InChI is InChI=1S/C26H26ClNO6/c1-16-10-19(27)8-9-23(16)32-15-26(30)33-14-22(29)21-11-17(2)28(18(21)3)12-20-13-31-24-6-4-5-7-25(24)34-20/h4-11,20H,12-15H2,1-3H3. The van der Waals surface area contributed by atoms with Gasteiger partial charge in [0.1, 0.15) is 12.4 Å². The summed E-state index contributed by atoms with van der Waals surface area (Å²) < 4.78 is 24.5. The zero-order valence-corrected chi connectivity index (χ0v) is 20.1. The highest BCUT2D eigenvalue weighted by atomic mass is 35.5. The molecule has 0 saturated heterocycles. The van der Waals surface area contributed by atoms with E-state index in [2.05, 4.69) is 0 Å². The second-order valence-corrected chi connectivity index (χ2v) is 8.61. The lowest BCUT2D eigenvalue weighted by Crippen LogP contribution is -2.33. The van der Waals surface area contributed by atoms with Gasteiger partial charge in [-0.15, -0.1) is 0 Å². The Labute approximate surface area is 203 Å². The fraction of sp³-hybridized carbons (Fsp3) is 0.308. The highest BCUT2D eigenvalue weighted by Gasteiger charge is 2.24. The van der Waals surface area contributed by atoms with Crippen molar-refractivity contribution < 1.29 is 28.5 Å². The minimum atomic E-state index is -0.622. The summed E-state index contributed by atoms with van der Waals surface area (Å²) in [6, 6.07) is 14.5. The van der Waals surface area contributed by atoms with Crippen LogP contribution in [0.2, 0.25) is 5.02 Å². The summed E-state index contributed by atoms with van der Waals surface area (Å²) in [5.74, 6) is 1.07. The molecular weight excluding hydrogens is 458 g/mol. The number of nitrogens with zero attached hydrogens (tertiary/aromatic N) is 1. The van der Waals surface area contributed by atoms with Gasteiger partial charge >= 0.3 is 5.97 Å². The zero-order chi connectivity index (χ0) is 24.2. The molecule has 0 amide bonds. The summed E-state index contributed by atoms with van der Waals surface area (Å²) in [4.78, 5) is 24.8. The zero-order valence-electron chi connectivity index (χ0n) is 19.3. The number of hydrogen-bond acceptors (Lipinski definition) is 6. The number of para-hydroxylation sites is 2. The first-order chi connectivity index (χ1) is 16.3. The molecule has 1 aliphatic rings. The molecule has 2 aromatic carbocycles. The van der Waals surface area contributed by atoms with Crippen molar-refractivity contribution in [3.8, 4) is 17.2 Å². The van der Waals surface area contributed by atoms with Crippen molar-refractivity contribution in [3.05, 3.63) is 76.1 Å². The van der Waals surface area contributed by atoms with Crippen molar-refractivity contribution in [2.24, 2.45) is 0 Å². The van der Waals surface area contributed by atoms with E-state index in [1.807, 2.05) is 49.6 Å². The predicted molar refractivity (Wildman–Crippen MR) is 127 cm³/mol. The Morgan fingerprint density at radius 2 is 1.82 bits per heavy atom. The van der Waals surface area contributed by atoms with Crippen LogP contribution in [0, 0.1) is 20.8 Å². The van der Waals surface area contributed by atoms with Gasteiger partial charge in [0.05, 0.1) is 6.54 Å². The van der Waals surface area contributed by atoms with E-state index in [4.69, 9.17) is 30.5 Å². The molecule has 1 atom stereocenters. The van der Waals surface area contributed by atoms with Gasteiger partial charge in [0, 0.05) is 22.0 Å². The van der Waals surface area contributed by atoms with Crippen molar-refractivity contribution >= 4 is 23.4 Å². The summed E-state index contributed by atoms with van der Waals surface area (Å²) in [7, 11) is 0. The highest BCUT2D eigenvalue weighted by Crippen LogP contribution is 2.31. The summed E-state index contributed by atoms with van der Waals surface area (Å²) in [6.07, 6.45) is -0.186. The van der Waals surface area contributed by atoms with Gasteiger partial charge in [-0.3, -0.25) is 4.79 Å². The van der Waals surface area contributed by atoms with E-state index >= 15 is 0 Å². The van der Waals surface area contributed by atoms with E-state index in [1.165, 1.54) is 0 Å². The lowest BCUT2D eigenvalue weighted by molar-refractivity contribution is -0.144. The molecule has 178 valence electrons. The summed E-state index contributed by atoms with van der Waals surface area (Å²) >= 11 is 5.92. The van der Waals surface area contributed by atoms with Crippen molar-refractivity contribution in [1.82, 2.24) is 4.57 Å². The van der Waals surface area contributed by atoms with Crippen LogP contribution < -0.4 is 14.2 Å². The normalized spacial score (nSPS) is 14.5. The second kappa shape index (κ2) is 10.2. The van der Waals surface area contributed by atoms with Gasteiger partial charge in [-0.1, -0.05) is 23.7 Å². The molecule has 0 saturated carbocycles. The molecule has 0 bridgehead atoms. The molecular formula is C26H26ClNO6. The Morgan fingerprint density at radius 1 is 1.06 bits per heavy atom. The molecule has 0 aliphatic carbocycles. The van der Waals surface area contributed by atoms with E-state index in [-0.39, 0.29) is 25.1 Å². The molecule has 1 aromatic heterocycles. The number of fused-ring (bicyclic) bond motifs is 1. The number of ketones is 1. The monoisotopic (exact) mass is 483 g/mol. The van der Waals surface area contributed by atoms with Gasteiger partial charge in [0.25, 0.3) is 0 Å². The lowest BCUT2D eigenvalue weighted by atomic mass is 10.1. The number of Topliss-reactive ketones (excluding diaryl/α,β-unsaturated/α-hetero) is 1. The lowest BCUT2D eigenvalue weighted by Gasteiger charge is -2.27. The molecule has 1 aliphatic heterocycles. The van der Waals surface area contributed by atoms with Crippen molar-refractivity contribution in [1.29, 1.82) is 0 Å². The average Bonchev–Trinajstić information content (AvgIpc) is 3.10. The number of aromatic nitrogens is 1. The highest BCUT2D eigenvalue weighted by molar-refractivity contribution is 6.30. The number of esters is 1. The number of carbonyl (C=O) groups is 2. The SMILES string of the molecule is Cc1cc(Cl)ccc1OCC(=O)OCC(=O)c1cc(C)n(CC2COc3ccccc3O2)c1C. The third kappa shape index (κ3) is 5.37. The quantitative estimate of drug-likeness (QED) is 0.341. The topological polar surface area (TPSA) is 76.0 Å². The van der Waals surface area contributed by atoms with Gasteiger partial charge in [-0.05, 0) is 62.7 Å². The minimum Gasteiger partial charge on any atom is -0.486 e. The van der Waals surface area contributed by atoms with Gasteiger partial charge in [0.2, 0.25) is 5.78 Å². The molecule has 1 unspecified atom stereocenters.